The van der Waals surface area contributed by atoms with Crippen LogP contribution in [0.25, 0.3) is 4.85 Å². The lowest BCUT2D eigenvalue weighted by Crippen LogP contribution is -2.56. The summed E-state index contributed by atoms with van der Waals surface area (Å²) in [6.45, 7) is 15.7. The maximum atomic E-state index is 5.89. The third kappa shape index (κ3) is 1.95. The van der Waals surface area contributed by atoms with Crippen LogP contribution >= 0.6 is 0 Å². The van der Waals surface area contributed by atoms with Crippen LogP contribution in [0.2, 0.25) is 0 Å². The van der Waals surface area contributed by atoms with Gasteiger partial charge < -0.3 is 0 Å². The van der Waals surface area contributed by atoms with E-state index in [0.29, 0.717) is 11.3 Å². The molecule has 1 heteroatoms. The highest BCUT2D eigenvalue weighted by Crippen LogP contribution is 2.64. The predicted octanol–water partition coefficient (Wildman–Crippen LogP) is 5.77. The second-order valence-corrected chi connectivity index (χ2v) is 9.93. The molecule has 0 aromatic heterocycles. The third-order valence-electron chi connectivity index (χ3n) is 7.92. The van der Waals surface area contributed by atoms with Gasteiger partial charge >= 0.3 is 0 Å². The predicted molar refractivity (Wildman–Crippen MR) is 92.9 cm³/mol. The molecular weight excluding hydrogens is 266 g/mol. The Hall–Kier alpha value is -0.770. The molecular formula is C21H32N+. The Morgan fingerprint density at radius 1 is 1.27 bits per heavy atom. The largest absolute Gasteiger partial charge is 0.281 e. The van der Waals surface area contributed by atoms with Gasteiger partial charge in [-0.05, 0) is 67.1 Å². The summed E-state index contributed by atoms with van der Waals surface area (Å²) in [5.41, 5.74) is 2.33. The van der Waals surface area contributed by atoms with Crippen molar-refractivity contribution in [1.29, 1.82) is 0 Å². The van der Waals surface area contributed by atoms with Crippen molar-refractivity contribution in [3.8, 4) is 6.57 Å². The summed E-state index contributed by atoms with van der Waals surface area (Å²) in [5, 5.41) is 0. The van der Waals surface area contributed by atoms with E-state index in [2.05, 4.69) is 38.6 Å². The Morgan fingerprint density at radius 3 is 2.77 bits per heavy atom. The molecule has 0 radical (unpaired) electrons. The fourth-order valence-electron chi connectivity index (χ4n) is 7.11. The van der Waals surface area contributed by atoms with E-state index in [1.54, 1.807) is 5.57 Å². The van der Waals surface area contributed by atoms with Crippen molar-refractivity contribution >= 4 is 0 Å². The Bertz CT molecular complexity index is 551. The molecule has 3 fully saturated rings. The van der Waals surface area contributed by atoms with E-state index in [1.165, 1.54) is 38.5 Å². The molecule has 0 saturated heterocycles. The van der Waals surface area contributed by atoms with Crippen LogP contribution in [0.1, 0.15) is 66.2 Å². The molecule has 0 aliphatic heterocycles. The highest BCUT2D eigenvalue weighted by molar-refractivity contribution is 5.26. The van der Waals surface area contributed by atoms with Gasteiger partial charge in [0.25, 0.3) is 12.1 Å². The lowest BCUT2D eigenvalue weighted by molar-refractivity contribution is -0.0619. The van der Waals surface area contributed by atoms with Gasteiger partial charge in [0.2, 0.25) is 0 Å². The van der Waals surface area contributed by atoms with E-state index < -0.39 is 0 Å². The van der Waals surface area contributed by atoms with Crippen LogP contribution in [0, 0.1) is 47.5 Å². The first-order valence-corrected chi connectivity index (χ1v) is 9.46. The summed E-state index contributed by atoms with van der Waals surface area (Å²) in [6, 6.07) is 0. The molecule has 0 N–H and O–H groups in total. The van der Waals surface area contributed by atoms with E-state index in [4.69, 9.17) is 6.57 Å². The zero-order valence-electron chi connectivity index (χ0n) is 14.8. The van der Waals surface area contributed by atoms with Gasteiger partial charge in [-0.25, -0.2) is 0 Å². The summed E-state index contributed by atoms with van der Waals surface area (Å²) in [6.07, 6.45) is 10.6. The first-order chi connectivity index (χ1) is 10.3. The SMILES string of the molecule is C#[N+]C1(C)CCC2C(C)CC3CC(C)(C)CC4=CCC1C2C43. The molecule has 4 rings (SSSR count). The van der Waals surface area contributed by atoms with Gasteiger partial charge in [0.1, 0.15) is 0 Å². The molecule has 7 unspecified atom stereocenters. The van der Waals surface area contributed by atoms with Crippen molar-refractivity contribution in [3.63, 3.8) is 0 Å². The van der Waals surface area contributed by atoms with Crippen LogP contribution in [-0.2, 0) is 0 Å². The maximum absolute atomic E-state index is 5.89. The van der Waals surface area contributed by atoms with E-state index >= 15 is 0 Å². The standard InChI is InChI=1S/C21H32N/c1-13-10-15-12-20(2,3)11-14-6-7-17-19(18(14)15)16(13)8-9-21(17,4)22-5/h5-6,13,15-19H,7-12H2,1-4H3/q+1. The van der Waals surface area contributed by atoms with Crippen molar-refractivity contribution in [2.75, 3.05) is 0 Å². The number of nitrogens with zero attached hydrogens (tertiary/aromatic N) is 1. The van der Waals surface area contributed by atoms with Gasteiger partial charge in [-0.1, -0.05) is 37.3 Å². The molecule has 7 atom stereocenters. The maximum Gasteiger partial charge on any atom is 0.281 e. The van der Waals surface area contributed by atoms with Crippen LogP contribution < -0.4 is 0 Å². The van der Waals surface area contributed by atoms with Crippen LogP contribution in [-0.4, -0.2) is 5.54 Å². The summed E-state index contributed by atoms with van der Waals surface area (Å²) < 4.78 is 0. The van der Waals surface area contributed by atoms with Gasteiger partial charge in [-0.15, -0.1) is 0 Å². The average Bonchev–Trinajstić information content (AvgIpc) is 2.45. The normalized spacial score (nSPS) is 52.2. The Balaban J connectivity index is 1.78. The topological polar surface area (TPSA) is 4.36 Å². The summed E-state index contributed by atoms with van der Waals surface area (Å²) in [5.74, 6) is 5.13. The Morgan fingerprint density at radius 2 is 2.05 bits per heavy atom. The Kier molecular flexibility index (Phi) is 3.11. The van der Waals surface area contributed by atoms with Crippen LogP contribution in [0.5, 0.6) is 0 Å². The zero-order chi connectivity index (χ0) is 15.7. The van der Waals surface area contributed by atoms with Gasteiger partial charge in [0.15, 0.2) is 0 Å². The third-order valence-corrected chi connectivity index (χ3v) is 7.92. The highest BCUT2D eigenvalue weighted by atomic mass is 14.8. The molecule has 4 aliphatic rings. The van der Waals surface area contributed by atoms with E-state index in [9.17, 15) is 0 Å². The van der Waals surface area contributed by atoms with Crippen molar-refractivity contribution in [2.45, 2.75) is 71.8 Å². The quantitative estimate of drug-likeness (QED) is 0.500. The number of hydrogen-bond donors (Lipinski definition) is 0. The van der Waals surface area contributed by atoms with Crippen molar-refractivity contribution in [2.24, 2.45) is 40.9 Å². The Labute approximate surface area is 136 Å². The minimum Gasteiger partial charge on any atom is -0.0844 e. The van der Waals surface area contributed by atoms with Gasteiger partial charge in [0.05, 0.1) is 0 Å². The monoisotopic (exact) mass is 298 g/mol. The molecule has 0 spiro atoms. The average molecular weight is 298 g/mol. The van der Waals surface area contributed by atoms with Crippen LogP contribution in [0.3, 0.4) is 0 Å². The molecule has 0 aromatic rings. The summed E-state index contributed by atoms with van der Waals surface area (Å²) >= 11 is 0. The molecule has 0 heterocycles. The second kappa shape index (κ2) is 4.62. The molecule has 22 heavy (non-hydrogen) atoms. The van der Waals surface area contributed by atoms with Crippen LogP contribution in [0.4, 0.5) is 0 Å². The van der Waals surface area contributed by atoms with Gasteiger partial charge in [-0.3, -0.25) is 0 Å². The number of hydrogen-bond acceptors (Lipinski definition) is 0. The number of rotatable bonds is 0. The molecule has 120 valence electrons. The zero-order valence-corrected chi connectivity index (χ0v) is 14.8. The molecule has 0 aromatic carbocycles. The molecule has 3 saturated carbocycles. The van der Waals surface area contributed by atoms with Crippen molar-refractivity contribution < 1.29 is 0 Å². The molecule has 0 bridgehead atoms. The van der Waals surface area contributed by atoms with E-state index in [-0.39, 0.29) is 5.54 Å². The summed E-state index contributed by atoms with van der Waals surface area (Å²) in [4.78, 5) is 4.41. The van der Waals surface area contributed by atoms with Crippen molar-refractivity contribution in [3.05, 3.63) is 16.5 Å². The summed E-state index contributed by atoms with van der Waals surface area (Å²) in [7, 11) is 0. The first kappa shape index (κ1) is 14.8. The fraction of sp³-hybridized carbons (Fsp3) is 0.857. The highest BCUT2D eigenvalue weighted by Gasteiger charge is 2.61. The number of allylic oxidation sites excluding steroid dienone is 2. The molecule has 4 aliphatic carbocycles. The minimum absolute atomic E-state index is 0.0256. The molecule has 0 amide bonds. The van der Waals surface area contributed by atoms with Gasteiger partial charge in [0, 0.05) is 19.3 Å². The minimum atomic E-state index is 0.0256. The lowest BCUT2D eigenvalue weighted by Gasteiger charge is -2.59. The lowest BCUT2D eigenvalue weighted by atomic mass is 9.44. The van der Waals surface area contributed by atoms with E-state index in [0.717, 1.165) is 29.6 Å². The smallest absolute Gasteiger partial charge is 0.0844 e. The van der Waals surface area contributed by atoms with E-state index in [1.807, 2.05) is 0 Å². The fourth-order valence-corrected chi connectivity index (χ4v) is 7.11. The second-order valence-electron chi connectivity index (χ2n) is 9.93. The first-order valence-electron chi connectivity index (χ1n) is 9.46. The van der Waals surface area contributed by atoms with Crippen LogP contribution in [0.15, 0.2) is 11.6 Å². The van der Waals surface area contributed by atoms with Gasteiger partial charge in [-0.2, -0.15) is 0 Å². The molecule has 1 nitrogen and oxygen atoms in total. The van der Waals surface area contributed by atoms with Crippen molar-refractivity contribution in [1.82, 2.24) is 0 Å².